The maximum absolute atomic E-state index is 9.27. The van der Waals surface area contributed by atoms with E-state index in [0.29, 0.717) is 0 Å². The highest BCUT2D eigenvalue weighted by molar-refractivity contribution is 5.52. The number of benzene rings is 1. The number of nitrogens with zero attached hydrogens (tertiary/aromatic N) is 2. The third-order valence-corrected chi connectivity index (χ3v) is 3.91. The van der Waals surface area contributed by atoms with E-state index >= 15 is 0 Å². The van der Waals surface area contributed by atoms with Crippen LogP contribution in [0.2, 0.25) is 0 Å². The predicted molar refractivity (Wildman–Crippen MR) is 72.9 cm³/mol. The summed E-state index contributed by atoms with van der Waals surface area (Å²) in [6.45, 7) is 2.86. The zero-order valence-electron chi connectivity index (χ0n) is 11.4. The molecule has 0 bridgehead atoms. The number of nitriles is 1. The van der Waals surface area contributed by atoms with Crippen molar-refractivity contribution >= 4 is 5.69 Å². The van der Waals surface area contributed by atoms with Crippen molar-refractivity contribution in [2.24, 2.45) is 5.41 Å². The zero-order valence-corrected chi connectivity index (χ0v) is 11.4. The monoisotopic (exact) mass is 244 g/mol. The molecule has 1 aliphatic carbocycles. The van der Waals surface area contributed by atoms with E-state index in [9.17, 15) is 5.26 Å². The summed E-state index contributed by atoms with van der Waals surface area (Å²) >= 11 is 0. The number of ether oxygens (including phenoxy) is 1. The summed E-state index contributed by atoms with van der Waals surface area (Å²) in [7, 11) is 3.74. The first-order valence-corrected chi connectivity index (χ1v) is 6.37. The van der Waals surface area contributed by atoms with Crippen LogP contribution in [0.15, 0.2) is 18.2 Å². The van der Waals surface area contributed by atoms with Gasteiger partial charge in [-0.3, -0.25) is 0 Å². The van der Waals surface area contributed by atoms with Crippen LogP contribution in [-0.4, -0.2) is 20.7 Å². The first kappa shape index (κ1) is 12.8. The molecule has 0 amide bonds. The Morgan fingerprint density at radius 1 is 1.44 bits per heavy atom. The summed E-state index contributed by atoms with van der Waals surface area (Å²) in [6, 6.07) is 8.64. The lowest BCUT2D eigenvalue weighted by molar-refractivity contribution is 0.223. The fourth-order valence-electron chi connectivity index (χ4n) is 2.55. The van der Waals surface area contributed by atoms with Gasteiger partial charge < -0.3 is 9.64 Å². The molecule has 1 saturated carbocycles. The number of rotatable bonds is 4. The highest BCUT2D eigenvalue weighted by Crippen LogP contribution is 2.41. The first-order valence-electron chi connectivity index (χ1n) is 6.37. The Labute approximate surface area is 109 Å². The van der Waals surface area contributed by atoms with Gasteiger partial charge in [0.15, 0.2) is 0 Å². The van der Waals surface area contributed by atoms with Crippen LogP contribution >= 0.6 is 0 Å². The van der Waals surface area contributed by atoms with Crippen LogP contribution in [0.4, 0.5) is 5.69 Å². The van der Waals surface area contributed by atoms with Crippen LogP contribution in [-0.2, 0) is 0 Å². The molecule has 0 aliphatic heterocycles. The third-order valence-electron chi connectivity index (χ3n) is 3.91. The molecular weight excluding hydrogens is 224 g/mol. The molecule has 1 aromatic carbocycles. The molecule has 0 radical (unpaired) electrons. The van der Waals surface area contributed by atoms with E-state index < -0.39 is 0 Å². The summed E-state index contributed by atoms with van der Waals surface area (Å²) in [5, 5.41) is 9.27. The SMILES string of the molecule is COc1ccc(N(C)CC2(C#N)CCC2)cc1C. The second kappa shape index (κ2) is 4.89. The van der Waals surface area contributed by atoms with Crippen molar-refractivity contribution in [1.29, 1.82) is 5.26 Å². The molecule has 1 aromatic rings. The lowest BCUT2D eigenvalue weighted by Crippen LogP contribution is -2.39. The summed E-state index contributed by atoms with van der Waals surface area (Å²) in [5.74, 6) is 0.908. The quantitative estimate of drug-likeness (QED) is 0.816. The lowest BCUT2D eigenvalue weighted by Gasteiger charge is -2.39. The smallest absolute Gasteiger partial charge is 0.121 e. The van der Waals surface area contributed by atoms with Gasteiger partial charge in [0, 0.05) is 19.3 Å². The number of methoxy groups -OCH3 is 1. The maximum atomic E-state index is 9.27. The molecule has 0 unspecified atom stereocenters. The summed E-state index contributed by atoms with van der Waals surface area (Å²) in [5.41, 5.74) is 2.15. The Kier molecular flexibility index (Phi) is 3.47. The van der Waals surface area contributed by atoms with Gasteiger partial charge in [-0.25, -0.2) is 0 Å². The van der Waals surface area contributed by atoms with Crippen molar-refractivity contribution in [2.45, 2.75) is 26.2 Å². The maximum Gasteiger partial charge on any atom is 0.121 e. The second-order valence-corrected chi connectivity index (χ2v) is 5.26. The van der Waals surface area contributed by atoms with E-state index in [1.807, 2.05) is 13.0 Å². The highest BCUT2D eigenvalue weighted by Gasteiger charge is 2.38. The van der Waals surface area contributed by atoms with Gasteiger partial charge in [-0.1, -0.05) is 6.42 Å². The average molecular weight is 244 g/mol. The molecule has 0 saturated heterocycles. The van der Waals surface area contributed by atoms with Crippen LogP contribution in [0.25, 0.3) is 0 Å². The van der Waals surface area contributed by atoms with Crippen molar-refractivity contribution in [1.82, 2.24) is 0 Å². The lowest BCUT2D eigenvalue weighted by atomic mass is 9.69. The van der Waals surface area contributed by atoms with E-state index in [2.05, 4.69) is 30.1 Å². The average Bonchev–Trinajstić information content (AvgIpc) is 2.33. The molecule has 0 spiro atoms. The van der Waals surface area contributed by atoms with Gasteiger partial charge in [-0.2, -0.15) is 5.26 Å². The van der Waals surface area contributed by atoms with E-state index in [0.717, 1.165) is 36.4 Å². The molecule has 1 fully saturated rings. The Morgan fingerprint density at radius 3 is 2.61 bits per heavy atom. The molecule has 1 aliphatic rings. The van der Waals surface area contributed by atoms with Crippen LogP contribution in [0.5, 0.6) is 5.75 Å². The van der Waals surface area contributed by atoms with Gasteiger partial charge in [0.25, 0.3) is 0 Å². The third kappa shape index (κ3) is 2.28. The van der Waals surface area contributed by atoms with Crippen molar-refractivity contribution in [3.63, 3.8) is 0 Å². The first-order chi connectivity index (χ1) is 8.60. The van der Waals surface area contributed by atoms with Crippen LogP contribution in [0, 0.1) is 23.7 Å². The fraction of sp³-hybridized carbons (Fsp3) is 0.533. The molecule has 3 nitrogen and oxygen atoms in total. The minimum Gasteiger partial charge on any atom is -0.496 e. The molecule has 0 aromatic heterocycles. The van der Waals surface area contributed by atoms with Gasteiger partial charge in [0.1, 0.15) is 5.75 Å². The van der Waals surface area contributed by atoms with E-state index in [4.69, 9.17) is 4.74 Å². The molecule has 18 heavy (non-hydrogen) atoms. The topological polar surface area (TPSA) is 36.3 Å². The van der Waals surface area contributed by atoms with Gasteiger partial charge in [0.05, 0.1) is 18.6 Å². The number of hydrogen-bond donors (Lipinski definition) is 0. The summed E-state index contributed by atoms with van der Waals surface area (Å²) in [4.78, 5) is 2.18. The predicted octanol–water partition coefficient (Wildman–Crippen LogP) is 3.13. The molecule has 0 N–H and O–H groups in total. The van der Waals surface area contributed by atoms with Crippen LogP contribution in [0.3, 0.4) is 0 Å². The fourth-order valence-corrected chi connectivity index (χ4v) is 2.55. The van der Waals surface area contributed by atoms with Crippen molar-refractivity contribution < 1.29 is 4.74 Å². The van der Waals surface area contributed by atoms with Gasteiger partial charge in [-0.05, 0) is 43.5 Å². The molecule has 2 rings (SSSR count). The Morgan fingerprint density at radius 2 is 2.17 bits per heavy atom. The normalized spacial score (nSPS) is 16.6. The summed E-state index contributed by atoms with van der Waals surface area (Å²) < 4.78 is 5.26. The van der Waals surface area contributed by atoms with Gasteiger partial charge in [0.2, 0.25) is 0 Å². The van der Waals surface area contributed by atoms with Crippen LogP contribution in [0.1, 0.15) is 24.8 Å². The largest absolute Gasteiger partial charge is 0.496 e. The summed E-state index contributed by atoms with van der Waals surface area (Å²) in [6.07, 6.45) is 3.25. The number of anilines is 1. The number of aryl methyl sites for hydroxylation is 1. The Hall–Kier alpha value is -1.69. The second-order valence-electron chi connectivity index (χ2n) is 5.26. The van der Waals surface area contributed by atoms with E-state index in [1.165, 1.54) is 6.42 Å². The van der Waals surface area contributed by atoms with Gasteiger partial charge >= 0.3 is 0 Å². The van der Waals surface area contributed by atoms with E-state index in [-0.39, 0.29) is 5.41 Å². The van der Waals surface area contributed by atoms with E-state index in [1.54, 1.807) is 7.11 Å². The van der Waals surface area contributed by atoms with Gasteiger partial charge in [-0.15, -0.1) is 0 Å². The zero-order chi connectivity index (χ0) is 13.2. The molecule has 3 heteroatoms. The molecular formula is C15H20N2O. The molecule has 0 heterocycles. The highest BCUT2D eigenvalue weighted by atomic mass is 16.5. The Balaban J connectivity index is 2.12. The molecule has 0 atom stereocenters. The minimum atomic E-state index is -0.122. The standard InChI is InChI=1S/C15H20N2O/c1-12-9-13(5-6-14(12)18-3)17(2)11-15(10-16)7-4-8-15/h5-6,9H,4,7-8,11H2,1-3H3. The van der Waals surface area contributed by atoms with Crippen molar-refractivity contribution in [2.75, 3.05) is 25.6 Å². The van der Waals surface area contributed by atoms with Crippen molar-refractivity contribution in [3.05, 3.63) is 23.8 Å². The number of hydrogen-bond acceptors (Lipinski definition) is 3. The molecule has 96 valence electrons. The van der Waals surface area contributed by atoms with Crippen LogP contribution < -0.4 is 9.64 Å². The van der Waals surface area contributed by atoms with Crippen molar-refractivity contribution in [3.8, 4) is 11.8 Å². The minimum absolute atomic E-state index is 0.122. The Bertz CT molecular complexity index is 472.